The number of carbonyl (C=O) groups excluding carboxylic acids is 1. The summed E-state index contributed by atoms with van der Waals surface area (Å²) in [4.78, 5) is 12.5. The van der Waals surface area contributed by atoms with Gasteiger partial charge < -0.3 is 15.6 Å². The van der Waals surface area contributed by atoms with Gasteiger partial charge >= 0.3 is 5.97 Å². The zero-order valence-electron chi connectivity index (χ0n) is 21.5. The maximum absolute atomic E-state index is 12.5. The van der Waals surface area contributed by atoms with Gasteiger partial charge in [0.05, 0.1) is 6.10 Å². The van der Waals surface area contributed by atoms with Crippen LogP contribution in [0.3, 0.4) is 0 Å². The first-order valence-corrected chi connectivity index (χ1v) is 13.5. The Morgan fingerprint density at radius 3 is 2.50 bits per heavy atom. The molecule has 4 aliphatic rings. The van der Waals surface area contributed by atoms with Crippen molar-refractivity contribution < 1.29 is 14.6 Å². The van der Waals surface area contributed by atoms with Crippen LogP contribution in [-0.2, 0) is 9.53 Å². The Hall–Kier alpha value is -0.610. The molecule has 4 fully saturated rings. The molecule has 32 heavy (non-hydrogen) atoms. The van der Waals surface area contributed by atoms with Crippen LogP contribution in [0.1, 0.15) is 106 Å². The Morgan fingerprint density at radius 2 is 1.81 bits per heavy atom. The molecule has 184 valence electrons. The number of nitrogens with two attached hydrogens (primary N) is 1. The molecule has 4 aliphatic carbocycles. The summed E-state index contributed by atoms with van der Waals surface area (Å²) in [5.74, 6) is 3.37. The molecule has 4 rings (SSSR count). The van der Waals surface area contributed by atoms with Gasteiger partial charge in [-0.25, -0.2) is 0 Å². The fourth-order valence-electron chi connectivity index (χ4n) is 9.26. The van der Waals surface area contributed by atoms with Crippen LogP contribution in [0.15, 0.2) is 0 Å². The summed E-state index contributed by atoms with van der Waals surface area (Å²) >= 11 is 0. The summed E-state index contributed by atoms with van der Waals surface area (Å²) in [5.41, 5.74) is 6.18. The number of esters is 1. The van der Waals surface area contributed by atoms with Gasteiger partial charge in [-0.3, -0.25) is 4.79 Å². The largest absolute Gasteiger partial charge is 0.459 e. The monoisotopic (exact) mass is 447 g/mol. The molecular formula is C28H49NO3. The first-order valence-electron chi connectivity index (χ1n) is 13.5. The molecule has 0 radical (unpaired) electrons. The van der Waals surface area contributed by atoms with Crippen molar-refractivity contribution in [1.29, 1.82) is 0 Å². The van der Waals surface area contributed by atoms with E-state index in [1.807, 2.05) is 20.8 Å². The zero-order chi connectivity index (χ0) is 23.5. The average Bonchev–Trinajstić information content (AvgIpc) is 3.06. The van der Waals surface area contributed by atoms with E-state index in [2.05, 4.69) is 20.8 Å². The van der Waals surface area contributed by atoms with Gasteiger partial charge in [-0.05, 0) is 118 Å². The number of hydrogen-bond donors (Lipinski definition) is 2. The van der Waals surface area contributed by atoms with E-state index in [0.717, 1.165) is 24.7 Å². The van der Waals surface area contributed by atoms with E-state index in [9.17, 15) is 9.90 Å². The standard InChI is InChI=1S/C28H49NO3/c1-17(15-23(29)25(31)32-26(2,3)4)20-12-13-21-19-11-10-18-9-7-8-14-27(18,5)22(19)16-24(30)28(20,21)6/h17-24,30H,7-16,29H2,1-6H3/t17-,18?,19+,20-,21+,22+,23?,24?,27+,28-/m1/s1. The van der Waals surface area contributed by atoms with Crippen molar-refractivity contribution in [3.63, 3.8) is 0 Å². The Bertz CT molecular complexity index is 701. The van der Waals surface area contributed by atoms with Crippen LogP contribution in [0.4, 0.5) is 0 Å². The molecule has 0 saturated heterocycles. The van der Waals surface area contributed by atoms with E-state index in [0.29, 0.717) is 35.5 Å². The number of aliphatic hydroxyl groups is 1. The molecule has 4 heteroatoms. The predicted molar refractivity (Wildman–Crippen MR) is 129 cm³/mol. The lowest BCUT2D eigenvalue weighted by atomic mass is 9.44. The second-order valence-electron chi connectivity index (χ2n) is 13.6. The van der Waals surface area contributed by atoms with Gasteiger partial charge in [0.1, 0.15) is 11.6 Å². The summed E-state index contributed by atoms with van der Waals surface area (Å²) in [6.07, 6.45) is 12.1. The van der Waals surface area contributed by atoms with Crippen molar-refractivity contribution in [1.82, 2.24) is 0 Å². The van der Waals surface area contributed by atoms with Gasteiger partial charge in [-0.1, -0.05) is 33.6 Å². The second kappa shape index (κ2) is 8.56. The normalized spacial score (nSPS) is 45.9. The van der Waals surface area contributed by atoms with Gasteiger partial charge in [0.25, 0.3) is 0 Å². The summed E-state index contributed by atoms with van der Waals surface area (Å²) < 4.78 is 5.53. The lowest BCUT2D eigenvalue weighted by molar-refractivity contribution is -0.169. The minimum atomic E-state index is -0.586. The number of ether oxygens (including phenoxy) is 1. The smallest absolute Gasteiger partial charge is 0.323 e. The first kappa shape index (κ1) is 24.5. The molecule has 0 amide bonds. The highest BCUT2D eigenvalue weighted by atomic mass is 16.6. The van der Waals surface area contributed by atoms with Crippen molar-refractivity contribution in [2.45, 2.75) is 123 Å². The molecule has 0 heterocycles. The van der Waals surface area contributed by atoms with Gasteiger partial charge in [0.15, 0.2) is 0 Å². The first-order chi connectivity index (χ1) is 14.9. The Morgan fingerprint density at radius 1 is 1.09 bits per heavy atom. The fraction of sp³-hybridized carbons (Fsp3) is 0.964. The Kier molecular flexibility index (Phi) is 6.55. The maximum Gasteiger partial charge on any atom is 0.323 e. The van der Waals surface area contributed by atoms with Gasteiger partial charge in [0.2, 0.25) is 0 Å². The molecule has 0 aliphatic heterocycles. The van der Waals surface area contributed by atoms with Crippen molar-refractivity contribution in [2.75, 3.05) is 0 Å². The van der Waals surface area contributed by atoms with Crippen LogP contribution in [0.25, 0.3) is 0 Å². The quantitative estimate of drug-likeness (QED) is 0.542. The van der Waals surface area contributed by atoms with Gasteiger partial charge in [-0.15, -0.1) is 0 Å². The minimum absolute atomic E-state index is 0.0495. The number of carbonyl (C=O) groups is 1. The van der Waals surface area contributed by atoms with Crippen LogP contribution in [0.5, 0.6) is 0 Å². The van der Waals surface area contributed by atoms with E-state index in [1.54, 1.807) is 0 Å². The molecule has 0 aromatic heterocycles. The van der Waals surface area contributed by atoms with Crippen LogP contribution in [0, 0.1) is 46.3 Å². The highest BCUT2D eigenvalue weighted by molar-refractivity contribution is 5.75. The third kappa shape index (κ3) is 4.06. The highest BCUT2D eigenvalue weighted by Crippen LogP contribution is 2.68. The third-order valence-electron chi connectivity index (χ3n) is 10.8. The van der Waals surface area contributed by atoms with Crippen LogP contribution in [0.2, 0.25) is 0 Å². The van der Waals surface area contributed by atoms with Crippen molar-refractivity contribution in [3.8, 4) is 0 Å². The van der Waals surface area contributed by atoms with Crippen LogP contribution >= 0.6 is 0 Å². The lowest BCUT2D eigenvalue weighted by Gasteiger charge is -2.62. The van der Waals surface area contributed by atoms with E-state index in [4.69, 9.17) is 10.5 Å². The summed E-state index contributed by atoms with van der Waals surface area (Å²) in [6, 6.07) is -0.586. The summed E-state index contributed by atoms with van der Waals surface area (Å²) in [5, 5.41) is 11.7. The van der Waals surface area contributed by atoms with Crippen molar-refractivity contribution in [3.05, 3.63) is 0 Å². The second-order valence-corrected chi connectivity index (χ2v) is 13.6. The van der Waals surface area contributed by atoms with Crippen molar-refractivity contribution in [2.24, 2.45) is 52.1 Å². The fourth-order valence-corrected chi connectivity index (χ4v) is 9.26. The third-order valence-corrected chi connectivity index (χ3v) is 10.8. The average molecular weight is 448 g/mol. The molecule has 0 bridgehead atoms. The number of hydrogen-bond acceptors (Lipinski definition) is 4. The molecule has 3 unspecified atom stereocenters. The van der Waals surface area contributed by atoms with E-state index >= 15 is 0 Å². The molecule has 10 atom stereocenters. The topological polar surface area (TPSA) is 72.6 Å². The van der Waals surface area contributed by atoms with Crippen LogP contribution in [-0.4, -0.2) is 28.8 Å². The van der Waals surface area contributed by atoms with Gasteiger partial charge in [-0.2, -0.15) is 0 Å². The molecule has 0 aromatic carbocycles. The zero-order valence-corrected chi connectivity index (χ0v) is 21.5. The van der Waals surface area contributed by atoms with Crippen LogP contribution < -0.4 is 5.73 Å². The summed E-state index contributed by atoms with van der Waals surface area (Å²) in [7, 11) is 0. The van der Waals surface area contributed by atoms with E-state index in [-0.39, 0.29) is 17.5 Å². The SMILES string of the molecule is C[C@H](CC(N)C(=O)OC(C)(C)C)[C@H]1CC[C@H]2[C@@H]3CCC4CCCC[C@]4(C)[C@H]3CC(O)[C@]12C. The predicted octanol–water partition coefficient (Wildman–Crippen LogP) is 5.70. The van der Waals surface area contributed by atoms with Crippen molar-refractivity contribution >= 4 is 5.97 Å². The highest BCUT2D eigenvalue weighted by Gasteiger charge is 2.63. The molecule has 4 saturated carbocycles. The number of rotatable bonds is 4. The lowest BCUT2D eigenvalue weighted by Crippen LogP contribution is -2.58. The number of fused-ring (bicyclic) bond motifs is 5. The molecule has 0 spiro atoms. The Labute approximate surface area is 196 Å². The van der Waals surface area contributed by atoms with Gasteiger partial charge in [0, 0.05) is 0 Å². The molecule has 0 aromatic rings. The molecule has 4 nitrogen and oxygen atoms in total. The van der Waals surface area contributed by atoms with E-state index < -0.39 is 11.6 Å². The van der Waals surface area contributed by atoms with E-state index in [1.165, 1.54) is 44.9 Å². The Balaban J connectivity index is 1.49. The summed E-state index contributed by atoms with van der Waals surface area (Å²) in [6.45, 7) is 12.9. The maximum atomic E-state index is 12.5. The number of aliphatic hydroxyl groups excluding tert-OH is 1. The minimum Gasteiger partial charge on any atom is -0.459 e. The molecular weight excluding hydrogens is 398 g/mol. The molecule has 3 N–H and O–H groups in total.